The summed E-state index contributed by atoms with van der Waals surface area (Å²) in [5.74, 6) is 0.656. The van der Waals surface area contributed by atoms with Gasteiger partial charge in [0, 0.05) is 15.9 Å². The van der Waals surface area contributed by atoms with Crippen molar-refractivity contribution in [2.24, 2.45) is 10.7 Å². The number of rotatable bonds is 2. The Morgan fingerprint density at radius 1 is 1.67 bits per heavy atom. The Morgan fingerprint density at radius 2 is 2.40 bits per heavy atom. The van der Waals surface area contributed by atoms with Crippen molar-refractivity contribution in [1.82, 2.24) is 4.90 Å². The van der Waals surface area contributed by atoms with Gasteiger partial charge in [0.05, 0.1) is 16.4 Å². The molecule has 2 N–H and O–H groups in total. The van der Waals surface area contributed by atoms with E-state index in [4.69, 9.17) is 5.73 Å². The van der Waals surface area contributed by atoms with Gasteiger partial charge < -0.3 is 10.6 Å². The molecule has 0 amide bonds. The first-order valence-electron chi connectivity index (χ1n) is 4.64. The van der Waals surface area contributed by atoms with E-state index in [1.165, 1.54) is 4.88 Å². The van der Waals surface area contributed by atoms with Gasteiger partial charge in [0.2, 0.25) is 0 Å². The third kappa shape index (κ3) is 2.07. The molecule has 0 bridgehead atoms. The molecule has 1 unspecified atom stereocenters. The Hall–Kier alpha value is -0.0700. The van der Waals surface area contributed by atoms with Gasteiger partial charge in [0.15, 0.2) is 5.96 Å². The lowest BCUT2D eigenvalue weighted by molar-refractivity contribution is 0.369. The molecule has 15 heavy (non-hydrogen) atoms. The summed E-state index contributed by atoms with van der Waals surface area (Å²) >= 11 is 8.73. The number of nitrogens with two attached hydrogens (primary N) is 1. The van der Waals surface area contributed by atoms with Crippen molar-refractivity contribution in [3.8, 4) is 0 Å². The van der Waals surface area contributed by atoms with Crippen molar-refractivity contribution in [3.63, 3.8) is 0 Å². The average molecular weight is 353 g/mol. The van der Waals surface area contributed by atoms with Crippen LogP contribution in [0.5, 0.6) is 0 Å². The maximum atomic E-state index is 5.82. The number of thiophene rings is 1. The van der Waals surface area contributed by atoms with Crippen molar-refractivity contribution in [3.05, 3.63) is 19.2 Å². The molecular formula is C9H11Br2N3S. The SMILES string of the molecule is CCN1C(N)=NCC1c1cc(Br)c(Br)s1. The lowest BCUT2D eigenvalue weighted by atomic mass is 10.2. The van der Waals surface area contributed by atoms with Gasteiger partial charge in [-0.25, -0.2) is 0 Å². The van der Waals surface area contributed by atoms with Gasteiger partial charge >= 0.3 is 0 Å². The standard InChI is InChI=1S/C9H11Br2N3S/c1-2-14-6(4-13-9(14)12)7-3-5(10)8(11)15-7/h3,6H,2,4H2,1H3,(H2,12,13). The summed E-state index contributed by atoms with van der Waals surface area (Å²) in [6, 6.07) is 2.44. The Labute approximate surface area is 110 Å². The molecule has 2 rings (SSSR count). The zero-order valence-corrected chi connectivity index (χ0v) is 12.2. The van der Waals surface area contributed by atoms with Gasteiger partial charge in [0.1, 0.15) is 0 Å². The summed E-state index contributed by atoms with van der Waals surface area (Å²) in [6.45, 7) is 3.75. The Morgan fingerprint density at radius 3 is 2.93 bits per heavy atom. The first-order valence-corrected chi connectivity index (χ1v) is 7.05. The van der Waals surface area contributed by atoms with Crippen molar-refractivity contribution < 1.29 is 0 Å². The van der Waals surface area contributed by atoms with E-state index >= 15 is 0 Å². The fraction of sp³-hybridized carbons (Fsp3) is 0.444. The van der Waals surface area contributed by atoms with Crippen molar-refractivity contribution in [2.45, 2.75) is 13.0 Å². The molecule has 0 aliphatic carbocycles. The van der Waals surface area contributed by atoms with Crippen LogP contribution in [-0.4, -0.2) is 23.9 Å². The minimum absolute atomic E-state index is 0.308. The monoisotopic (exact) mass is 351 g/mol. The number of nitrogens with zero attached hydrogens (tertiary/aromatic N) is 2. The smallest absolute Gasteiger partial charge is 0.191 e. The van der Waals surface area contributed by atoms with E-state index in [0.717, 1.165) is 21.3 Å². The molecule has 0 radical (unpaired) electrons. The molecule has 0 saturated carbocycles. The average Bonchev–Trinajstić information content (AvgIpc) is 2.71. The number of hydrogen-bond acceptors (Lipinski definition) is 4. The van der Waals surface area contributed by atoms with Gasteiger partial charge in [-0.05, 0) is 44.8 Å². The van der Waals surface area contributed by atoms with Crippen LogP contribution in [-0.2, 0) is 0 Å². The largest absolute Gasteiger partial charge is 0.370 e. The Kier molecular flexibility index (Phi) is 3.37. The summed E-state index contributed by atoms with van der Waals surface area (Å²) in [7, 11) is 0. The van der Waals surface area contributed by atoms with Crippen LogP contribution in [0.25, 0.3) is 0 Å². The maximum absolute atomic E-state index is 5.82. The van der Waals surface area contributed by atoms with Crippen LogP contribution in [0.2, 0.25) is 0 Å². The topological polar surface area (TPSA) is 41.6 Å². The van der Waals surface area contributed by atoms with E-state index in [9.17, 15) is 0 Å². The van der Waals surface area contributed by atoms with Gasteiger partial charge in [-0.2, -0.15) is 0 Å². The predicted octanol–water partition coefficient (Wildman–Crippen LogP) is 2.96. The van der Waals surface area contributed by atoms with E-state index in [0.29, 0.717) is 12.0 Å². The molecule has 0 spiro atoms. The fourth-order valence-electron chi connectivity index (χ4n) is 1.68. The third-order valence-corrected chi connectivity index (χ3v) is 5.79. The summed E-state index contributed by atoms with van der Waals surface area (Å²) < 4.78 is 2.23. The summed E-state index contributed by atoms with van der Waals surface area (Å²) in [5.41, 5.74) is 5.82. The Bertz CT molecular complexity index is 383. The second-order valence-electron chi connectivity index (χ2n) is 3.27. The van der Waals surface area contributed by atoms with E-state index in [1.54, 1.807) is 11.3 Å². The van der Waals surface area contributed by atoms with Gasteiger partial charge in [-0.1, -0.05) is 0 Å². The highest BCUT2D eigenvalue weighted by molar-refractivity contribution is 9.13. The molecule has 1 aromatic rings. The molecule has 82 valence electrons. The van der Waals surface area contributed by atoms with Gasteiger partial charge in [0.25, 0.3) is 0 Å². The second kappa shape index (κ2) is 4.43. The van der Waals surface area contributed by atoms with Crippen LogP contribution in [0.15, 0.2) is 19.3 Å². The maximum Gasteiger partial charge on any atom is 0.191 e. The molecule has 6 heteroatoms. The zero-order valence-electron chi connectivity index (χ0n) is 8.20. The van der Waals surface area contributed by atoms with Crippen LogP contribution in [0, 0.1) is 0 Å². The highest BCUT2D eigenvalue weighted by atomic mass is 79.9. The first-order chi connectivity index (χ1) is 7.13. The summed E-state index contributed by atoms with van der Waals surface area (Å²) in [6.07, 6.45) is 0. The molecule has 1 atom stereocenters. The first kappa shape index (κ1) is 11.4. The van der Waals surface area contributed by atoms with Crippen molar-refractivity contribution >= 4 is 49.2 Å². The summed E-state index contributed by atoms with van der Waals surface area (Å²) in [5, 5.41) is 0. The normalized spacial score (nSPS) is 20.9. The Balaban J connectivity index is 2.25. The van der Waals surface area contributed by atoms with Crippen LogP contribution in [0.4, 0.5) is 0 Å². The van der Waals surface area contributed by atoms with Crippen LogP contribution < -0.4 is 5.73 Å². The number of aliphatic imine (C=N–C) groups is 1. The third-order valence-electron chi connectivity index (χ3n) is 2.43. The fourth-order valence-corrected chi connectivity index (χ4v) is 3.88. The van der Waals surface area contributed by atoms with Crippen molar-refractivity contribution in [1.29, 1.82) is 0 Å². The molecule has 0 saturated heterocycles. The quantitative estimate of drug-likeness (QED) is 0.888. The number of guanidine groups is 1. The van der Waals surface area contributed by atoms with Crippen LogP contribution in [0.3, 0.4) is 0 Å². The molecule has 0 aromatic carbocycles. The van der Waals surface area contributed by atoms with Crippen LogP contribution in [0.1, 0.15) is 17.8 Å². The zero-order chi connectivity index (χ0) is 11.0. The van der Waals surface area contributed by atoms with E-state index < -0.39 is 0 Å². The van der Waals surface area contributed by atoms with Crippen LogP contribution >= 0.6 is 43.2 Å². The minimum atomic E-state index is 0.308. The molecular weight excluding hydrogens is 342 g/mol. The minimum Gasteiger partial charge on any atom is -0.370 e. The van der Waals surface area contributed by atoms with E-state index in [1.807, 2.05) is 0 Å². The molecule has 0 fully saturated rings. The van der Waals surface area contributed by atoms with Gasteiger partial charge in [-0.3, -0.25) is 4.99 Å². The van der Waals surface area contributed by atoms with Gasteiger partial charge in [-0.15, -0.1) is 11.3 Å². The van der Waals surface area contributed by atoms with E-state index in [2.05, 4.69) is 54.7 Å². The van der Waals surface area contributed by atoms with E-state index in [-0.39, 0.29) is 0 Å². The molecule has 1 aromatic heterocycles. The lowest BCUT2D eigenvalue weighted by Crippen LogP contribution is -2.35. The number of hydrogen-bond donors (Lipinski definition) is 1. The summed E-state index contributed by atoms with van der Waals surface area (Å²) in [4.78, 5) is 7.70. The molecule has 1 aliphatic heterocycles. The highest BCUT2D eigenvalue weighted by Gasteiger charge is 2.27. The predicted molar refractivity (Wildman–Crippen MR) is 71.3 cm³/mol. The second-order valence-corrected chi connectivity index (χ2v) is 6.53. The lowest BCUT2D eigenvalue weighted by Gasteiger charge is -2.23. The highest BCUT2D eigenvalue weighted by Crippen LogP contribution is 2.38. The molecule has 1 aliphatic rings. The molecule has 3 nitrogen and oxygen atoms in total. The number of halogens is 2. The van der Waals surface area contributed by atoms with Crippen molar-refractivity contribution in [2.75, 3.05) is 13.1 Å². The number of likely N-dealkylation sites (N-methyl/N-ethyl adjacent to an activating group) is 1. The molecule has 2 heterocycles.